The second-order valence-corrected chi connectivity index (χ2v) is 6.91. The zero-order valence-corrected chi connectivity index (χ0v) is 16.4. The molecule has 3 aromatic rings. The van der Waals surface area contributed by atoms with E-state index in [1.54, 1.807) is 25.5 Å². The molecule has 146 valence electrons. The predicted octanol–water partition coefficient (Wildman–Crippen LogP) is 3.07. The van der Waals surface area contributed by atoms with Crippen molar-refractivity contribution in [1.29, 1.82) is 0 Å². The summed E-state index contributed by atoms with van der Waals surface area (Å²) in [5, 5.41) is 12.1. The molecule has 0 bridgehead atoms. The van der Waals surface area contributed by atoms with Crippen LogP contribution in [-0.2, 0) is 24.3 Å². The van der Waals surface area contributed by atoms with Gasteiger partial charge in [0.25, 0.3) is 0 Å². The first-order valence-corrected chi connectivity index (χ1v) is 9.76. The lowest BCUT2D eigenvalue weighted by molar-refractivity contribution is -0.118. The van der Waals surface area contributed by atoms with Gasteiger partial charge < -0.3 is 19.0 Å². The van der Waals surface area contributed by atoms with E-state index in [2.05, 4.69) is 22.1 Å². The van der Waals surface area contributed by atoms with Crippen molar-refractivity contribution in [3.63, 3.8) is 0 Å². The number of hydrogen-bond donors (Lipinski definition) is 1. The molecule has 2 aromatic heterocycles. The van der Waals surface area contributed by atoms with Crippen LogP contribution in [0.3, 0.4) is 0 Å². The summed E-state index contributed by atoms with van der Waals surface area (Å²) >= 11 is 1.35. The maximum atomic E-state index is 12.1. The molecule has 0 aliphatic heterocycles. The second-order valence-electron chi connectivity index (χ2n) is 5.97. The van der Waals surface area contributed by atoms with Gasteiger partial charge in [-0.25, -0.2) is 0 Å². The first kappa shape index (κ1) is 19.8. The summed E-state index contributed by atoms with van der Waals surface area (Å²) < 4.78 is 12.4. The molecule has 0 spiro atoms. The van der Waals surface area contributed by atoms with Crippen LogP contribution < -0.4 is 10.1 Å². The van der Waals surface area contributed by atoms with Gasteiger partial charge in [-0.1, -0.05) is 30.0 Å². The number of aromatic nitrogens is 3. The minimum absolute atomic E-state index is 0.0914. The van der Waals surface area contributed by atoms with Crippen LogP contribution in [0.25, 0.3) is 0 Å². The first-order valence-electron chi connectivity index (χ1n) is 8.77. The van der Waals surface area contributed by atoms with Crippen molar-refractivity contribution < 1.29 is 13.9 Å². The van der Waals surface area contributed by atoms with Crippen molar-refractivity contribution in [2.45, 2.75) is 24.7 Å². The molecule has 2 heterocycles. The van der Waals surface area contributed by atoms with E-state index in [-0.39, 0.29) is 11.7 Å². The van der Waals surface area contributed by atoms with Crippen LogP contribution in [0.15, 0.2) is 64.9 Å². The smallest absolute Gasteiger partial charge is 0.230 e. The lowest BCUT2D eigenvalue weighted by Crippen LogP contribution is -2.24. The topological polar surface area (TPSA) is 82.2 Å². The zero-order chi connectivity index (χ0) is 19.8. The van der Waals surface area contributed by atoms with Gasteiger partial charge in [0.2, 0.25) is 5.91 Å². The van der Waals surface area contributed by atoms with Gasteiger partial charge in [-0.05, 0) is 29.8 Å². The molecule has 1 amide bonds. The third-order valence-corrected chi connectivity index (χ3v) is 4.97. The average molecular weight is 398 g/mol. The number of amides is 1. The molecule has 28 heavy (non-hydrogen) atoms. The molecule has 1 aromatic carbocycles. The summed E-state index contributed by atoms with van der Waals surface area (Å²) in [7, 11) is 1.64. The summed E-state index contributed by atoms with van der Waals surface area (Å²) in [5.74, 6) is 2.51. The molecule has 0 unspecified atom stereocenters. The lowest BCUT2D eigenvalue weighted by Gasteiger charge is -2.08. The Hall–Kier alpha value is -3.00. The van der Waals surface area contributed by atoms with Gasteiger partial charge in [0.15, 0.2) is 5.16 Å². The minimum atomic E-state index is -0.0914. The highest BCUT2D eigenvalue weighted by Crippen LogP contribution is 2.20. The highest BCUT2D eigenvalue weighted by atomic mass is 32.2. The maximum Gasteiger partial charge on any atom is 0.230 e. The second kappa shape index (κ2) is 9.80. The van der Waals surface area contributed by atoms with E-state index in [1.165, 1.54) is 11.8 Å². The van der Waals surface area contributed by atoms with Crippen molar-refractivity contribution >= 4 is 17.7 Å². The van der Waals surface area contributed by atoms with E-state index in [0.717, 1.165) is 22.9 Å². The van der Waals surface area contributed by atoms with E-state index >= 15 is 0 Å². The molecule has 0 saturated carbocycles. The summed E-state index contributed by atoms with van der Waals surface area (Å²) in [4.78, 5) is 12.1. The van der Waals surface area contributed by atoms with Crippen LogP contribution in [0.4, 0.5) is 0 Å². The van der Waals surface area contributed by atoms with Crippen molar-refractivity contribution in [3.05, 3.63) is 72.5 Å². The van der Waals surface area contributed by atoms with E-state index < -0.39 is 0 Å². The fraction of sp³-hybridized carbons (Fsp3) is 0.250. The SMILES string of the molecule is C=CCn1c(Cc2ccc(OC)cc2)nnc1SCC(=O)NCc1ccco1. The molecule has 0 aliphatic rings. The van der Waals surface area contributed by atoms with Gasteiger partial charge in [-0.15, -0.1) is 16.8 Å². The Morgan fingerprint density at radius 1 is 1.32 bits per heavy atom. The minimum Gasteiger partial charge on any atom is -0.497 e. The Balaban J connectivity index is 1.60. The summed E-state index contributed by atoms with van der Waals surface area (Å²) in [5.41, 5.74) is 1.10. The Kier molecular flexibility index (Phi) is 6.91. The molecule has 7 nitrogen and oxygen atoms in total. The Morgan fingerprint density at radius 2 is 2.14 bits per heavy atom. The number of carbonyl (C=O) groups excluding carboxylic acids is 1. The third-order valence-electron chi connectivity index (χ3n) is 4.00. The number of nitrogens with zero attached hydrogens (tertiary/aromatic N) is 3. The van der Waals surface area contributed by atoms with Gasteiger partial charge in [0, 0.05) is 13.0 Å². The molecular weight excluding hydrogens is 376 g/mol. The van der Waals surface area contributed by atoms with Crippen LogP contribution in [0.2, 0.25) is 0 Å². The van der Waals surface area contributed by atoms with E-state index in [9.17, 15) is 4.79 Å². The van der Waals surface area contributed by atoms with E-state index in [4.69, 9.17) is 9.15 Å². The van der Waals surface area contributed by atoms with E-state index in [1.807, 2.05) is 34.9 Å². The number of nitrogens with one attached hydrogen (secondary N) is 1. The number of carbonyl (C=O) groups is 1. The Bertz CT molecular complexity index is 904. The van der Waals surface area contributed by atoms with Gasteiger partial charge in [-0.2, -0.15) is 0 Å². The standard InChI is InChI=1S/C20H22N4O3S/c1-3-10-24-18(12-15-6-8-16(26-2)9-7-15)22-23-20(24)28-14-19(25)21-13-17-5-4-11-27-17/h3-9,11H,1,10,12-14H2,2H3,(H,21,25). The van der Waals surface area contributed by atoms with Crippen molar-refractivity contribution in [2.75, 3.05) is 12.9 Å². The quantitative estimate of drug-likeness (QED) is 0.417. The molecule has 0 aliphatic carbocycles. The van der Waals surface area contributed by atoms with Crippen LogP contribution in [-0.4, -0.2) is 33.5 Å². The number of furan rings is 1. The van der Waals surface area contributed by atoms with Gasteiger partial charge in [0.05, 0.1) is 25.7 Å². The lowest BCUT2D eigenvalue weighted by atomic mass is 10.1. The highest BCUT2D eigenvalue weighted by molar-refractivity contribution is 7.99. The summed E-state index contributed by atoms with van der Waals surface area (Å²) in [6.45, 7) is 4.76. The number of benzene rings is 1. The van der Waals surface area contributed by atoms with Crippen molar-refractivity contribution in [1.82, 2.24) is 20.1 Å². The van der Waals surface area contributed by atoms with Crippen LogP contribution in [0.1, 0.15) is 17.1 Å². The molecule has 0 saturated heterocycles. The number of methoxy groups -OCH3 is 1. The normalized spacial score (nSPS) is 10.6. The first-order chi connectivity index (χ1) is 13.7. The Morgan fingerprint density at radius 3 is 2.82 bits per heavy atom. The van der Waals surface area contributed by atoms with Crippen molar-refractivity contribution in [3.8, 4) is 5.75 Å². The third kappa shape index (κ3) is 5.26. The van der Waals surface area contributed by atoms with Crippen molar-refractivity contribution in [2.24, 2.45) is 0 Å². The number of allylic oxidation sites excluding steroid dienone is 1. The molecule has 3 rings (SSSR count). The zero-order valence-electron chi connectivity index (χ0n) is 15.6. The number of ether oxygens (including phenoxy) is 1. The number of thioether (sulfide) groups is 1. The van der Waals surface area contributed by atoms with Crippen LogP contribution in [0, 0.1) is 0 Å². The maximum absolute atomic E-state index is 12.1. The highest BCUT2D eigenvalue weighted by Gasteiger charge is 2.14. The summed E-state index contributed by atoms with van der Waals surface area (Å²) in [6, 6.07) is 11.4. The molecule has 0 radical (unpaired) electrons. The van der Waals surface area contributed by atoms with Crippen LogP contribution in [0.5, 0.6) is 5.75 Å². The predicted molar refractivity (Wildman–Crippen MR) is 107 cm³/mol. The molecule has 8 heteroatoms. The molecular formula is C20H22N4O3S. The fourth-order valence-corrected chi connectivity index (χ4v) is 3.37. The molecule has 1 N–H and O–H groups in total. The fourth-order valence-electron chi connectivity index (χ4n) is 2.57. The average Bonchev–Trinajstić information content (AvgIpc) is 3.36. The Labute approximate surface area is 167 Å². The van der Waals surface area contributed by atoms with Gasteiger partial charge >= 0.3 is 0 Å². The van der Waals surface area contributed by atoms with Gasteiger partial charge in [0.1, 0.15) is 17.3 Å². The van der Waals surface area contributed by atoms with Crippen LogP contribution >= 0.6 is 11.8 Å². The number of hydrogen-bond acceptors (Lipinski definition) is 6. The molecule has 0 atom stereocenters. The summed E-state index contributed by atoms with van der Waals surface area (Å²) in [6.07, 6.45) is 4.01. The monoisotopic (exact) mass is 398 g/mol. The molecule has 0 fully saturated rings. The largest absolute Gasteiger partial charge is 0.497 e. The van der Waals surface area contributed by atoms with Gasteiger partial charge in [-0.3, -0.25) is 4.79 Å². The number of rotatable bonds is 10. The van der Waals surface area contributed by atoms with E-state index in [0.29, 0.717) is 24.7 Å².